The van der Waals surface area contributed by atoms with Gasteiger partial charge in [-0.25, -0.2) is 13.1 Å². The Morgan fingerprint density at radius 3 is 2.56 bits per heavy atom. The SMILES string of the molecule is Cc1ccc(S(=O)(=O)NC2CCN(C)C2)cc1C. The number of nitrogens with one attached hydrogen (secondary N) is 1. The fourth-order valence-electron chi connectivity index (χ4n) is 2.20. The van der Waals surface area contributed by atoms with E-state index in [-0.39, 0.29) is 6.04 Å². The number of hydrogen-bond acceptors (Lipinski definition) is 3. The molecule has 0 spiro atoms. The van der Waals surface area contributed by atoms with Crippen LogP contribution in [0, 0.1) is 13.8 Å². The molecule has 18 heavy (non-hydrogen) atoms. The van der Waals surface area contributed by atoms with Gasteiger partial charge in [0, 0.05) is 12.6 Å². The molecule has 1 saturated heterocycles. The summed E-state index contributed by atoms with van der Waals surface area (Å²) in [6, 6.07) is 5.28. The van der Waals surface area contributed by atoms with E-state index in [0.29, 0.717) is 4.90 Å². The lowest BCUT2D eigenvalue weighted by molar-refractivity contribution is 0.407. The second-order valence-corrected chi connectivity index (χ2v) is 6.83. The molecule has 0 bridgehead atoms. The quantitative estimate of drug-likeness (QED) is 0.898. The molecule has 2 rings (SSSR count). The van der Waals surface area contributed by atoms with Crippen molar-refractivity contribution in [2.75, 3.05) is 20.1 Å². The lowest BCUT2D eigenvalue weighted by Crippen LogP contribution is -2.36. The van der Waals surface area contributed by atoms with E-state index in [9.17, 15) is 8.42 Å². The Labute approximate surface area is 109 Å². The Kier molecular flexibility index (Phi) is 3.75. The van der Waals surface area contributed by atoms with Gasteiger partial charge in [-0.15, -0.1) is 0 Å². The molecule has 1 aliphatic heterocycles. The van der Waals surface area contributed by atoms with E-state index in [1.165, 1.54) is 0 Å². The molecule has 1 aromatic carbocycles. The average Bonchev–Trinajstić information content (AvgIpc) is 2.67. The van der Waals surface area contributed by atoms with E-state index >= 15 is 0 Å². The van der Waals surface area contributed by atoms with Crippen LogP contribution in [0.25, 0.3) is 0 Å². The van der Waals surface area contributed by atoms with Crippen molar-refractivity contribution in [2.45, 2.75) is 31.2 Å². The minimum atomic E-state index is -3.38. The maximum atomic E-state index is 12.2. The first kappa shape index (κ1) is 13.5. The first-order valence-electron chi connectivity index (χ1n) is 6.16. The van der Waals surface area contributed by atoms with Crippen molar-refractivity contribution in [2.24, 2.45) is 0 Å². The molecule has 0 radical (unpaired) electrons. The van der Waals surface area contributed by atoms with E-state index in [2.05, 4.69) is 9.62 Å². The molecule has 0 aromatic heterocycles. The maximum Gasteiger partial charge on any atom is 0.240 e. The fraction of sp³-hybridized carbons (Fsp3) is 0.538. The number of sulfonamides is 1. The molecule has 4 nitrogen and oxygen atoms in total. The Morgan fingerprint density at radius 2 is 2.00 bits per heavy atom. The van der Waals surface area contributed by atoms with E-state index in [0.717, 1.165) is 30.6 Å². The standard InChI is InChI=1S/C13H20N2O2S/c1-10-4-5-13(8-11(10)2)18(16,17)14-12-6-7-15(3)9-12/h4-5,8,12,14H,6-7,9H2,1-3H3. The number of likely N-dealkylation sites (N-methyl/N-ethyl adjacent to an activating group) is 1. The van der Waals surface area contributed by atoms with E-state index in [1.807, 2.05) is 27.0 Å². The third kappa shape index (κ3) is 2.91. The average molecular weight is 268 g/mol. The predicted molar refractivity (Wildman–Crippen MR) is 72.1 cm³/mol. The van der Waals surface area contributed by atoms with Crippen LogP contribution in [0.2, 0.25) is 0 Å². The van der Waals surface area contributed by atoms with Crippen molar-refractivity contribution < 1.29 is 8.42 Å². The minimum absolute atomic E-state index is 0.0293. The third-order valence-electron chi connectivity index (χ3n) is 3.50. The monoisotopic (exact) mass is 268 g/mol. The van der Waals surface area contributed by atoms with Gasteiger partial charge in [0.25, 0.3) is 0 Å². The highest BCUT2D eigenvalue weighted by molar-refractivity contribution is 7.89. The van der Waals surface area contributed by atoms with Crippen LogP contribution in [-0.2, 0) is 10.0 Å². The summed E-state index contributed by atoms with van der Waals surface area (Å²) >= 11 is 0. The molecule has 5 heteroatoms. The maximum absolute atomic E-state index is 12.2. The van der Waals surface area contributed by atoms with Crippen molar-refractivity contribution in [1.82, 2.24) is 9.62 Å². The molecule has 0 aliphatic carbocycles. The van der Waals surface area contributed by atoms with Crippen LogP contribution < -0.4 is 4.72 Å². The molecule has 1 fully saturated rings. The van der Waals surface area contributed by atoms with Crippen molar-refractivity contribution in [3.8, 4) is 0 Å². The zero-order valence-electron chi connectivity index (χ0n) is 11.1. The normalized spacial score (nSPS) is 21.4. The van der Waals surface area contributed by atoms with Crippen LogP contribution in [-0.4, -0.2) is 39.5 Å². The largest absolute Gasteiger partial charge is 0.305 e. The first-order valence-corrected chi connectivity index (χ1v) is 7.65. The summed E-state index contributed by atoms with van der Waals surface area (Å²) < 4.78 is 27.2. The zero-order valence-corrected chi connectivity index (χ0v) is 11.9. The summed E-state index contributed by atoms with van der Waals surface area (Å²) in [6.07, 6.45) is 0.876. The fourth-order valence-corrected chi connectivity index (χ4v) is 3.55. The van der Waals surface area contributed by atoms with E-state index in [4.69, 9.17) is 0 Å². The third-order valence-corrected chi connectivity index (χ3v) is 5.02. The summed E-state index contributed by atoms with van der Waals surface area (Å²) in [6.45, 7) is 5.63. The van der Waals surface area contributed by atoms with Gasteiger partial charge in [-0.3, -0.25) is 0 Å². The van der Waals surface area contributed by atoms with Gasteiger partial charge in [0.15, 0.2) is 0 Å². The smallest absolute Gasteiger partial charge is 0.240 e. The van der Waals surface area contributed by atoms with E-state index < -0.39 is 10.0 Å². The van der Waals surface area contributed by atoms with Gasteiger partial charge in [0.05, 0.1) is 4.90 Å². The highest BCUT2D eigenvalue weighted by Crippen LogP contribution is 2.16. The van der Waals surface area contributed by atoms with Crippen LogP contribution in [0.15, 0.2) is 23.1 Å². The van der Waals surface area contributed by atoms with Crippen molar-refractivity contribution in [3.63, 3.8) is 0 Å². The van der Waals surface area contributed by atoms with Crippen LogP contribution in [0.5, 0.6) is 0 Å². The molecule has 100 valence electrons. The van der Waals surface area contributed by atoms with Gasteiger partial charge in [0.2, 0.25) is 10.0 Å². The summed E-state index contributed by atoms with van der Waals surface area (Å²) in [4.78, 5) is 2.49. The van der Waals surface area contributed by atoms with Crippen LogP contribution in [0.3, 0.4) is 0 Å². The molecule has 1 heterocycles. The summed E-state index contributed by atoms with van der Waals surface area (Å²) in [5.41, 5.74) is 2.11. The number of nitrogens with zero attached hydrogens (tertiary/aromatic N) is 1. The molecule has 1 atom stereocenters. The Balaban J connectivity index is 2.17. The van der Waals surface area contributed by atoms with Gasteiger partial charge >= 0.3 is 0 Å². The van der Waals surface area contributed by atoms with Crippen molar-refractivity contribution in [3.05, 3.63) is 29.3 Å². The summed E-state index contributed by atoms with van der Waals surface area (Å²) in [5.74, 6) is 0. The number of rotatable bonds is 3. The molecule has 0 saturated carbocycles. The Morgan fingerprint density at radius 1 is 1.28 bits per heavy atom. The molecule has 1 aliphatic rings. The van der Waals surface area contributed by atoms with E-state index in [1.54, 1.807) is 12.1 Å². The molecule has 1 N–H and O–H groups in total. The van der Waals surface area contributed by atoms with Crippen LogP contribution in [0.4, 0.5) is 0 Å². The van der Waals surface area contributed by atoms with Gasteiger partial charge in [-0.1, -0.05) is 6.07 Å². The molecule has 1 unspecified atom stereocenters. The zero-order chi connectivity index (χ0) is 13.3. The topological polar surface area (TPSA) is 49.4 Å². The molecule has 1 aromatic rings. The molecule has 0 amide bonds. The Bertz CT molecular complexity index is 540. The number of likely N-dealkylation sites (tertiary alicyclic amines) is 1. The lowest BCUT2D eigenvalue weighted by Gasteiger charge is -2.14. The molecular weight excluding hydrogens is 248 g/mol. The number of aryl methyl sites for hydroxylation is 2. The van der Waals surface area contributed by atoms with Crippen LogP contribution >= 0.6 is 0 Å². The van der Waals surface area contributed by atoms with Crippen molar-refractivity contribution >= 4 is 10.0 Å². The van der Waals surface area contributed by atoms with Crippen LogP contribution in [0.1, 0.15) is 17.5 Å². The molecular formula is C13H20N2O2S. The predicted octanol–water partition coefficient (Wildman–Crippen LogP) is 1.29. The minimum Gasteiger partial charge on any atom is -0.305 e. The summed E-state index contributed by atoms with van der Waals surface area (Å²) in [5, 5.41) is 0. The highest BCUT2D eigenvalue weighted by Gasteiger charge is 2.25. The Hall–Kier alpha value is -0.910. The number of benzene rings is 1. The van der Waals surface area contributed by atoms with Crippen molar-refractivity contribution in [1.29, 1.82) is 0 Å². The van der Waals surface area contributed by atoms with Gasteiger partial charge in [0.1, 0.15) is 0 Å². The van der Waals surface area contributed by atoms with Gasteiger partial charge in [-0.2, -0.15) is 0 Å². The van der Waals surface area contributed by atoms with Gasteiger partial charge < -0.3 is 4.90 Å². The highest BCUT2D eigenvalue weighted by atomic mass is 32.2. The number of hydrogen-bond donors (Lipinski definition) is 1. The first-order chi connectivity index (χ1) is 8.38. The summed E-state index contributed by atoms with van der Waals surface area (Å²) in [7, 11) is -1.38. The second-order valence-electron chi connectivity index (χ2n) is 5.12. The lowest BCUT2D eigenvalue weighted by atomic mass is 10.1. The second kappa shape index (κ2) is 4.99. The van der Waals surface area contributed by atoms with Gasteiger partial charge in [-0.05, 0) is 57.1 Å².